The lowest BCUT2D eigenvalue weighted by Gasteiger charge is -2.01. The van der Waals surface area contributed by atoms with Crippen molar-refractivity contribution in [3.63, 3.8) is 0 Å². The Hall–Kier alpha value is -1.64. The van der Waals surface area contributed by atoms with Crippen LogP contribution in [0.3, 0.4) is 0 Å². The van der Waals surface area contributed by atoms with Gasteiger partial charge in [-0.15, -0.1) is 0 Å². The van der Waals surface area contributed by atoms with Crippen LogP contribution in [0.1, 0.15) is 35.6 Å². The normalized spacial score (nSPS) is 11.2. The third-order valence-electron chi connectivity index (χ3n) is 2.61. The molecule has 84 valence electrons. The Labute approximate surface area is 95.1 Å². The van der Waals surface area contributed by atoms with E-state index in [9.17, 15) is 4.79 Å². The molecule has 2 heterocycles. The van der Waals surface area contributed by atoms with E-state index in [1.54, 1.807) is 0 Å². The molecule has 0 saturated carbocycles. The lowest BCUT2D eigenvalue weighted by atomic mass is 10.1. The molecule has 16 heavy (non-hydrogen) atoms. The van der Waals surface area contributed by atoms with Crippen LogP contribution < -0.4 is 0 Å². The van der Waals surface area contributed by atoms with Crippen molar-refractivity contribution >= 4 is 11.9 Å². The summed E-state index contributed by atoms with van der Waals surface area (Å²) in [6, 6.07) is 3.98. The summed E-state index contributed by atoms with van der Waals surface area (Å²) in [5, 5.41) is 0. The highest BCUT2D eigenvalue weighted by atomic mass is 16.1. The number of hydrogen-bond donors (Lipinski definition) is 0. The van der Waals surface area contributed by atoms with E-state index in [1.165, 1.54) is 0 Å². The Morgan fingerprint density at radius 2 is 2.25 bits per heavy atom. The van der Waals surface area contributed by atoms with Gasteiger partial charge in [0.05, 0.1) is 5.69 Å². The average molecular weight is 216 g/mol. The Bertz CT molecular complexity index is 526. The first-order valence-corrected chi connectivity index (χ1v) is 5.54. The van der Waals surface area contributed by atoms with Crippen molar-refractivity contribution in [1.82, 2.24) is 9.38 Å². The number of fused-ring (bicyclic) bond motifs is 1. The zero-order valence-corrected chi connectivity index (χ0v) is 9.90. The van der Waals surface area contributed by atoms with Gasteiger partial charge in [-0.25, -0.2) is 4.98 Å². The van der Waals surface area contributed by atoms with Crippen LogP contribution in [0.25, 0.3) is 5.65 Å². The van der Waals surface area contributed by atoms with Gasteiger partial charge in [-0.3, -0.25) is 9.20 Å². The fourth-order valence-electron chi connectivity index (χ4n) is 1.88. The summed E-state index contributed by atoms with van der Waals surface area (Å²) in [6.07, 6.45) is 3.65. The van der Waals surface area contributed by atoms with Crippen molar-refractivity contribution in [3.05, 3.63) is 35.3 Å². The molecule has 2 rings (SSSR count). The fraction of sp³-hybridized carbons (Fsp3) is 0.385. The van der Waals surface area contributed by atoms with E-state index in [4.69, 9.17) is 0 Å². The monoisotopic (exact) mass is 216 g/mol. The van der Waals surface area contributed by atoms with Gasteiger partial charge >= 0.3 is 0 Å². The van der Waals surface area contributed by atoms with E-state index in [0.29, 0.717) is 11.6 Å². The van der Waals surface area contributed by atoms with E-state index in [-0.39, 0.29) is 0 Å². The number of carbonyl (C=O) groups is 1. The second kappa shape index (κ2) is 4.08. The van der Waals surface area contributed by atoms with Crippen LogP contribution in [0, 0.1) is 12.8 Å². The predicted molar refractivity (Wildman–Crippen MR) is 63.9 cm³/mol. The molecule has 0 atom stereocenters. The van der Waals surface area contributed by atoms with Crippen LogP contribution in [-0.2, 0) is 6.42 Å². The molecule has 0 aliphatic heterocycles. The highest BCUT2D eigenvalue weighted by Crippen LogP contribution is 2.15. The van der Waals surface area contributed by atoms with Crippen molar-refractivity contribution < 1.29 is 4.79 Å². The second-order valence-electron chi connectivity index (χ2n) is 4.59. The summed E-state index contributed by atoms with van der Waals surface area (Å²) in [6.45, 7) is 6.28. The molecular formula is C13H16N2O. The van der Waals surface area contributed by atoms with E-state index in [1.807, 2.05) is 29.7 Å². The number of nitrogens with zero attached hydrogens (tertiary/aromatic N) is 2. The van der Waals surface area contributed by atoms with E-state index < -0.39 is 0 Å². The van der Waals surface area contributed by atoms with Gasteiger partial charge in [0.25, 0.3) is 0 Å². The van der Waals surface area contributed by atoms with Crippen molar-refractivity contribution in [2.75, 3.05) is 0 Å². The molecule has 2 aromatic heterocycles. The first-order chi connectivity index (χ1) is 7.61. The summed E-state index contributed by atoms with van der Waals surface area (Å²) in [5.74, 6) is 0.504. The third-order valence-corrected chi connectivity index (χ3v) is 2.61. The molecule has 0 radical (unpaired) electrons. The molecule has 2 aromatic rings. The van der Waals surface area contributed by atoms with Gasteiger partial charge in [0.1, 0.15) is 11.3 Å². The maximum absolute atomic E-state index is 11.1. The number of aldehydes is 1. The Balaban J connectivity index is 2.61. The highest BCUT2D eigenvalue weighted by Gasteiger charge is 2.12. The van der Waals surface area contributed by atoms with Crippen LogP contribution in [0.5, 0.6) is 0 Å². The maximum Gasteiger partial charge on any atom is 0.168 e. The minimum Gasteiger partial charge on any atom is -0.297 e. The minimum absolute atomic E-state index is 0.504. The predicted octanol–water partition coefficient (Wildman–Crippen LogP) is 2.65. The van der Waals surface area contributed by atoms with E-state index >= 15 is 0 Å². The van der Waals surface area contributed by atoms with Gasteiger partial charge in [0, 0.05) is 6.20 Å². The SMILES string of the molecule is Cc1ccn2c(C=O)c(CC(C)C)nc2c1. The number of rotatable bonds is 3. The molecule has 0 fully saturated rings. The maximum atomic E-state index is 11.1. The van der Waals surface area contributed by atoms with Gasteiger partial charge in [-0.1, -0.05) is 13.8 Å². The van der Waals surface area contributed by atoms with Crippen molar-refractivity contribution in [2.24, 2.45) is 5.92 Å². The molecular weight excluding hydrogens is 200 g/mol. The van der Waals surface area contributed by atoms with Gasteiger partial charge < -0.3 is 0 Å². The summed E-state index contributed by atoms with van der Waals surface area (Å²) in [4.78, 5) is 15.6. The standard InChI is InChI=1S/C13H16N2O/c1-9(2)6-11-12(8-16)15-5-4-10(3)7-13(15)14-11/h4-5,7-9H,6H2,1-3H3. The molecule has 0 saturated heterocycles. The third kappa shape index (κ3) is 1.85. The van der Waals surface area contributed by atoms with Crippen LogP contribution in [-0.4, -0.2) is 15.7 Å². The topological polar surface area (TPSA) is 34.4 Å². The number of carbonyl (C=O) groups excluding carboxylic acids is 1. The van der Waals surface area contributed by atoms with Crippen molar-refractivity contribution in [1.29, 1.82) is 0 Å². The largest absolute Gasteiger partial charge is 0.297 e. The summed E-state index contributed by atoms with van der Waals surface area (Å²) < 4.78 is 1.86. The minimum atomic E-state index is 0.504. The first-order valence-electron chi connectivity index (χ1n) is 5.54. The number of pyridine rings is 1. The molecule has 3 nitrogen and oxygen atoms in total. The van der Waals surface area contributed by atoms with Crippen LogP contribution in [0.2, 0.25) is 0 Å². The zero-order valence-electron chi connectivity index (χ0n) is 9.90. The smallest absolute Gasteiger partial charge is 0.168 e. The summed E-state index contributed by atoms with van der Waals surface area (Å²) in [5.41, 5.74) is 3.60. The van der Waals surface area contributed by atoms with E-state index in [2.05, 4.69) is 18.8 Å². The van der Waals surface area contributed by atoms with Crippen LogP contribution in [0.15, 0.2) is 18.3 Å². The lowest BCUT2D eigenvalue weighted by molar-refractivity contribution is 0.111. The van der Waals surface area contributed by atoms with Crippen LogP contribution in [0.4, 0.5) is 0 Å². The second-order valence-corrected chi connectivity index (χ2v) is 4.59. The highest BCUT2D eigenvalue weighted by molar-refractivity contribution is 5.76. The average Bonchev–Trinajstić information content (AvgIpc) is 2.52. The summed E-state index contributed by atoms with van der Waals surface area (Å²) >= 11 is 0. The van der Waals surface area contributed by atoms with Gasteiger partial charge in [-0.2, -0.15) is 0 Å². The molecule has 0 amide bonds. The van der Waals surface area contributed by atoms with Crippen molar-refractivity contribution in [2.45, 2.75) is 27.2 Å². The fourth-order valence-corrected chi connectivity index (χ4v) is 1.88. The Kier molecular flexibility index (Phi) is 2.77. The molecule has 0 spiro atoms. The lowest BCUT2D eigenvalue weighted by Crippen LogP contribution is -1.99. The Morgan fingerprint density at radius 3 is 2.88 bits per heavy atom. The van der Waals surface area contributed by atoms with Gasteiger partial charge in [0.15, 0.2) is 6.29 Å². The number of aryl methyl sites for hydroxylation is 1. The molecule has 0 unspecified atom stereocenters. The van der Waals surface area contributed by atoms with Crippen LogP contribution >= 0.6 is 0 Å². The molecule has 3 heteroatoms. The molecule has 0 aliphatic rings. The van der Waals surface area contributed by atoms with Crippen molar-refractivity contribution in [3.8, 4) is 0 Å². The number of imidazole rings is 1. The van der Waals surface area contributed by atoms with E-state index in [0.717, 1.165) is 29.6 Å². The number of hydrogen-bond acceptors (Lipinski definition) is 2. The number of aromatic nitrogens is 2. The first kappa shape index (κ1) is 10.9. The Morgan fingerprint density at radius 1 is 1.50 bits per heavy atom. The van der Waals surface area contributed by atoms with Gasteiger partial charge in [0.2, 0.25) is 0 Å². The quantitative estimate of drug-likeness (QED) is 0.739. The molecule has 0 N–H and O–H groups in total. The molecule has 0 aliphatic carbocycles. The summed E-state index contributed by atoms with van der Waals surface area (Å²) in [7, 11) is 0. The zero-order chi connectivity index (χ0) is 11.7. The molecule has 0 bridgehead atoms. The van der Waals surface area contributed by atoms with Gasteiger partial charge in [-0.05, 0) is 37.0 Å². The molecule has 0 aromatic carbocycles.